The van der Waals surface area contributed by atoms with Crippen LogP contribution in [0.25, 0.3) is 10.9 Å². The number of hydrogen-bond donors (Lipinski definition) is 2. The van der Waals surface area contributed by atoms with Gasteiger partial charge in [0.1, 0.15) is 17.5 Å². The molecule has 2 heterocycles. The second kappa shape index (κ2) is 10.3. The summed E-state index contributed by atoms with van der Waals surface area (Å²) in [7, 11) is 4.00. The highest BCUT2D eigenvalue weighted by atomic mass is 35.5. The average Bonchev–Trinajstić information content (AvgIpc) is 3.34. The van der Waals surface area contributed by atoms with Crippen LogP contribution in [0, 0.1) is 6.92 Å². The Balaban J connectivity index is 1.31. The molecule has 178 valence electrons. The Morgan fingerprint density at radius 2 is 2.03 bits per heavy atom. The minimum absolute atomic E-state index is 0.161. The Kier molecular flexibility index (Phi) is 7.24. The van der Waals surface area contributed by atoms with E-state index in [0.29, 0.717) is 17.3 Å². The SMILES string of the molecule is Cc1c(C(=O)NC[C@H](C)Oc2cccc(CN(C)Cc3cnn(C)c3)c2)[nH]c2ccc(Cl)cc12. The van der Waals surface area contributed by atoms with Gasteiger partial charge >= 0.3 is 0 Å². The van der Waals surface area contributed by atoms with Crippen LogP contribution in [0.5, 0.6) is 5.75 Å². The number of nitrogens with zero attached hydrogens (tertiary/aromatic N) is 3. The largest absolute Gasteiger partial charge is 0.489 e. The highest BCUT2D eigenvalue weighted by Gasteiger charge is 2.16. The van der Waals surface area contributed by atoms with Crippen molar-refractivity contribution in [2.45, 2.75) is 33.0 Å². The fraction of sp³-hybridized carbons (Fsp3) is 0.308. The number of fused-ring (bicyclic) bond motifs is 1. The fourth-order valence-corrected chi connectivity index (χ4v) is 4.25. The normalized spacial score (nSPS) is 12.3. The molecule has 0 fully saturated rings. The number of carbonyl (C=O) groups excluding carboxylic acids is 1. The summed E-state index contributed by atoms with van der Waals surface area (Å²) in [4.78, 5) is 18.2. The molecular weight excluding hydrogens is 450 g/mol. The lowest BCUT2D eigenvalue weighted by atomic mass is 10.1. The smallest absolute Gasteiger partial charge is 0.268 e. The predicted molar refractivity (Wildman–Crippen MR) is 135 cm³/mol. The van der Waals surface area contributed by atoms with Gasteiger partial charge in [0.15, 0.2) is 0 Å². The topological polar surface area (TPSA) is 75.2 Å². The lowest BCUT2D eigenvalue weighted by molar-refractivity contribution is 0.0927. The lowest BCUT2D eigenvalue weighted by Crippen LogP contribution is -2.34. The summed E-state index contributed by atoms with van der Waals surface area (Å²) in [5, 5.41) is 8.79. The van der Waals surface area contributed by atoms with Crippen molar-refractivity contribution in [3.05, 3.63) is 82.3 Å². The Morgan fingerprint density at radius 3 is 2.79 bits per heavy atom. The first-order valence-electron chi connectivity index (χ1n) is 11.3. The van der Waals surface area contributed by atoms with E-state index in [2.05, 4.69) is 33.4 Å². The first-order valence-corrected chi connectivity index (χ1v) is 11.6. The zero-order valence-electron chi connectivity index (χ0n) is 19.9. The molecule has 2 N–H and O–H groups in total. The molecule has 7 nitrogen and oxygen atoms in total. The van der Waals surface area contributed by atoms with Crippen molar-refractivity contribution in [1.29, 1.82) is 0 Å². The summed E-state index contributed by atoms with van der Waals surface area (Å²) >= 11 is 6.10. The molecule has 1 atom stereocenters. The van der Waals surface area contributed by atoms with Gasteiger partial charge in [-0.1, -0.05) is 23.7 Å². The van der Waals surface area contributed by atoms with Crippen LogP contribution in [0.1, 0.15) is 34.1 Å². The Morgan fingerprint density at radius 1 is 1.24 bits per heavy atom. The molecule has 8 heteroatoms. The first kappa shape index (κ1) is 23.9. The highest BCUT2D eigenvalue weighted by molar-refractivity contribution is 6.31. The Labute approximate surface area is 204 Å². The molecule has 2 aromatic heterocycles. The van der Waals surface area contributed by atoms with Crippen molar-refractivity contribution in [3.63, 3.8) is 0 Å². The van der Waals surface area contributed by atoms with Crippen molar-refractivity contribution in [3.8, 4) is 5.75 Å². The summed E-state index contributed by atoms with van der Waals surface area (Å²) in [6, 6.07) is 13.6. The quantitative estimate of drug-likeness (QED) is 0.365. The van der Waals surface area contributed by atoms with E-state index in [-0.39, 0.29) is 12.0 Å². The minimum Gasteiger partial charge on any atom is -0.489 e. The van der Waals surface area contributed by atoms with Gasteiger partial charge in [-0.05, 0) is 62.4 Å². The number of aromatic nitrogens is 3. The van der Waals surface area contributed by atoms with Crippen LogP contribution >= 0.6 is 11.6 Å². The predicted octanol–water partition coefficient (Wildman–Crippen LogP) is 4.69. The Hall–Kier alpha value is -3.29. The number of amides is 1. The van der Waals surface area contributed by atoms with E-state index < -0.39 is 0 Å². The molecule has 4 rings (SSSR count). The van der Waals surface area contributed by atoms with Gasteiger partial charge in [0, 0.05) is 47.8 Å². The van der Waals surface area contributed by atoms with Crippen LogP contribution in [0.15, 0.2) is 54.9 Å². The number of rotatable bonds is 9. The maximum Gasteiger partial charge on any atom is 0.268 e. The maximum atomic E-state index is 12.8. The molecule has 0 aliphatic rings. The summed E-state index contributed by atoms with van der Waals surface area (Å²) < 4.78 is 7.89. The van der Waals surface area contributed by atoms with Crippen molar-refractivity contribution in [1.82, 2.24) is 25.0 Å². The zero-order chi connectivity index (χ0) is 24.2. The molecule has 0 spiro atoms. The second-order valence-electron chi connectivity index (χ2n) is 8.80. The molecule has 1 amide bonds. The van der Waals surface area contributed by atoms with Crippen LogP contribution in [0.4, 0.5) is 0 Å². The Bertz CT molecular complexity index is 1300. The highest BCUT2D eigenvalue weighted by Crippen LogP contribution is 2.25. The summed E-state index contributed by atoms with van der Waals surface area (Å²) in [6.07, 6.45) is 3.73. The summed E-state index contributed by atoms with van der Waals surface area (Å²) in [6.45, 7) is 5.86. The van der Waals surface area contributed by atoms with Crippen LogP contribution in [-0.2, 0) is 20.1 Å². The third-order valence-electron chi connectivity index (χ3n) is 5.70. The first-order chi connectivity index (χ1) is 16.3. The molecule has 0 bridgehead atoms. The molecule has 34 heavy (non-hydrogen) atoms. The van der Waals surface area contributed by atoms with E-state index in [0.717, 1.165) is 40.9 Å². The second-order valence-corrected chi connectivity index (χ2v) is 9.23. The molecule has 0 aliphatic heterocycles. The monoisotopic (exact) mass is 479 g/mol. The van der Waals surface area contributed by atoms with Crippen LogP contribution in [0.3, 0.4) is 0 Å². The van der Waals surface area contributed by atoms with Gasteiger partial charge < -0.3 is 15.0 Å². The van der Waals surface area contributed by atoms with Crippen LogP contribution < -0.4 is 10.1 Å². The average molecular weight is 480 g/mol. The fourth-order valence-electron chi connectivity index (χ4n) is 4.07. The van der Waals surface area contributed by atoms with Crippen molar-refractivity contribution in [2.24, 2.45) is 7.05 Å². The van der Waals surface area contributed by atoms with Gasteiger partial charge in [0.05, 0.1) is 12.7 Å². The van der Waals surface area contributed by atoms with Crippen molar-refractivity contribution >= 4 is 28.4 Å². The van der Waals surface area contributed by atoms with Gasteiger partial charge in [0.2, 0.25) is 0 Å². The molecule has 0 aliphatic carbocycles. The van der Waals surface area contributed by atoms with Gasteiger partial charge in [-0.25, -0.2) is 0 Å². The van der Waals surface area contributed by atoms with E-state index in [1.165, 1.54) is 5.56 Å². The van der Waals surface area contributed by atoms with E-state index >= 15 is 0 Å². The lowest BCUT2D eigenvalue weighted by Gasteiger charge is -2.18. The standard InChI is InChI=1S/C26H30ClN5O2/c1-17(12-28-26(33)25-18(2)23-11-21(27)8-9-24(23)30-25)34-22-7-5-6-19(10-22)14-31(3)15-20-13-29-32(4)16-20/h5-11,13,16-17,30H,12,14-15H2,1-4H3,(H,28,33)/t17-/m0/s1. The number of hydrogen-bond acceptors (Lipinski definition) is 4. The number of ether oxygens (including phenoxy) is 1. The zero-order valence-corrected chi connectivity index (χ0v) is 20.7. The van der Waals surface area contributed by atoms with Gasteiger partial charge in [0.25, 0.3) is 5.91 Å². The number of H-pyrrole nitrogens is 1. The molecule has 0 unspecified atom stereocenters. The van der Waals surface area contributed by atoms with Gasteiger partial charge in [-0.15, -0.1) is 0 Å². The van der Waals surface area contributed by atoms with E-state index in [9.17, 15) is 4.79 Å². The molecule has 2 aromatic carbocycles. The third kappa shape index (κ3) is 5.79. The molecular formula is C26H30ClN5O2. The minimum atomic E-state index is -0.188. The number of aryl methyl sites for hydroxylation is 2. The van der Waals surface area contributed by atoms with E-state index in [1.54, 1.807) is 0 Å². The van der Waals surface area contributed by atoms with Crippen molar-refractivity contribution < 1.29 is 9.53 Å². The number of nitrogens with one attached hydrogen (secondary N) is 2. The van der Waals surface area contributed by atoms with Gasteiger partial charge in [-0.3, -0.25) is 14.4 Å². The number of carbonyl (C=O) groups is 1. The van der Waals surface area contributed by atoms with Crippen molar-refractivity contribution in [2.75, 3.05) is 13.6 Å². The summed E-state index contributed by atoms with van der Waals surface area (Å²) in [5.41, 5.74) is 4.65. The van der Waals surface area contributed by atoms with Gasteiger partial charge in [-0.2, -0.15) is 5.10 Å². The van der Waals surface area contributed by atoms with Crippen LogP contribution in [0.2, 0.25) is 5.02 Å². The molecule has 4 aromatic rings. The molecule has 0 radical (unpaired) electrons. The number of benzene rings is 2. The summed E-state index contributed by atoms with van der Waals surface area (Å²) in [5.74, 6) is 0.622. The third-order valence-corrected chi connectivity index (χ3v) is 5.93. The van der Waals surface area contributed by atoms with E-state index in [1.807, 2.05) is 74.4 Å². The number of aromatic amines is 1. The molecule has 0 saturated carbocycles. The maximum absolute atomic E-state index is 12.8. The molecule has 0 saturated heterocycles. The van der Waals surface area contributed by atoms with E-state index in [4.69, 9.17) is 16.3 Å². The van der Waals surface area contributed by atoms with Crippen LogP contribution in [-0.4, -0.2) is 45.3 Å². The number of halogens is 1.